The first-order chi connectivity index (χ1) is 19.4. The highest BCUT2D eigenvalue weighted by molar-refractivity contribution is 6.34. The Morgan fingerprint density at radius 2 is 1.85 bits per heavy atom. The minimum atomic E-state index is -0.877. The van der Waals surface area contributed by atoms with Gasteiger partial charge in [-0.1, -0.05) is 29.1 Å². The molecule has 11 heteroatoms. The first-order valence-electron chi connectivity index (χ1n) is 12.4. The van der Waals surface area contributed by atoms with Gasteiger partial charge in [0.15, 0.2) is 5.69 Å². The Bertz CT molecular complexity index is 1750. The number of halogens is 2. The van der Waals surface area contributed by atoms with Crippen LogP contribution in [0.3, 0.4) is 0 Å². The number of nitrogens with two attached hydrogens (primary N) is 1. The Kier molecular flexibility index (Phi) is 7.15. The summed E-state index contributed by atoms with van der Waals surface area (Å²) in [5.41, 5.74) is 8.40. The van der Waals surface area contributed by atoms with Gasteiger partial charge in [0.2, 0.25) is 5.91 Å². The predicted molar refractivity (Wildman–Crippen MR) is 157 cm³/mol. The molecule has 0 atom stereocenters. The van der Waals surface area contributed by atoms with Crippen molar-refractivity contribution < 1.29 is 19.1 Å². The normalized spacial score (nSPS) is 12.0. The lowest BCUT2D eigenvalue weighted by atomic mass is 9.96. The van der Waals surface area contributed by atoms with Crippen molar-refractivity contribution in [1.29, 1.82) is 0 Å². The van der Waals surface area contributed by atoms with E-state index in [0.29, 0.717) is 55.3 Å². The second kappa shape index (κ2) is 10.5. The van der Waals surface area contributed by atoms with E-state index in [-0.39, 0.29) is 23.8 Å². The van der Waals surface area contributed by atoms with Crippen molar-refractivity contribution in [1.82, 2.24) is 19.7 Å². The number of rotatable bonds is 6. The highest BCUT2D eigenvalue weighted by atomic mass is 35.5. The van der Waals surface area contributed by atoms with Crippen LogP contribution in [0.1, 0.15) is 40.3 Å². The van der Waals surface area contributed by atoms with Crippen LogP contribution in [-0.4, -0.2) is 51.2 Å². The first-order valence-corrected chi connectivity index (χ1v) is 13.2. The van der Waals surface area contributed by atoms with Crippen molar-refractivity contribution in [3.05, 3.63) is 75.5 Å². The maximum absolute atomic E-state index is 13.8. The second-order valence-electron chi connectivity index (χ2n) is 9.91. The lowest BCUT2D eigenvalue weighted by Gasteiger charge is -2.30. The molecule has 0 radical (unpaired) electrons. The van der Waals surface area contributed by atoms with E-state index in [4.69, 9.17) is 49.9 Å². The molecule has 4 aromatic rings. The monoisotopic (exact) mass is 589 g/mol. The van der Waals surface area contributed by atoms with E-state index in [1.807, 2.05) is 6.07 Å². The summed E-state index contributed by atoms with van der Waals surface area (Å²) in [6.45, 7) is 3.59. The van der Waals surface area contributed by atoms with Crippen LogP contribution < -0.4 is 15.2 Å². The van der Waals surface area contributed by atoms with Crippen LogP contribution in [0.2, 0.25) is 10.0 Å². The first kappa shape index (κ1) is 28.0. The molecular formula is C30H25Cl2N5O4. The molecule has 41 heavy (non-hydrogen) atoms. The van der Waals surface area contributed by atoms with Gasteiger partial charge in [0.05, 0.1) is 29.7 Å². The number of carbonyl (C=O) groups is 2. The van der Waals surface area contributed by atoms with Gasteiger partial charge in [-0.2, -0.15) is 5.10 Å². The van der Waals surface area contributed by atoms with Crippen molar-refractivity contribution in [2.75, 3.05) is 14.2 Å². The number of terminal acetylenes is 1. The quantitative estimate of drug-likeness (QED) is 0.302. The molecule has 0 saturated carbocycles. The standard InChI is InChI=1S/C30H25Cl2N5O4/c1-6-30(2,3)36(4)29(39)26-22-15-41-25-14-24(40-5)20(23-9-16(28(33)38)7-8-34-23)13-21(25)27(22)37(35-26)19-11-17(31)10-18(32)12-19/h1,7-14H,15H2,2-5H3,(H2,33,38). The SMILES string of the molecule is C#CC(C)(C)N(C)C(=O)c1nn(-c2cc(Cl)cc(Cl)c2)c2c1COc1cc(OC)c(-c3cc(C(N)=O)ccn3)cc1-2. The Morgan fingerprint density at radius 3 is 2.49 bits per heavy atom. The summed E-state index contributed by atoms with van der Waals surface area (Å²) in [5.74, 6) is 2.63. The van der Waals surface area contributed by atoms with Gasteiger partial charge in [-0.3, -0.25) is 14.6 Å². The number of nitrogens with zero attached hydrogens (tertiary/aromatic N) is 4. The molecule has 2 amide bonds. The Labute approximate surface area is 246 Å². The Morgan fingerprint density at radius 1 is 1.15 bits per heavy atom. The predicted octanol–water partition coefficient (Wildman–Crippen LogP) is 5.39. The molecule has 1 aliphatic rings. The summed E-state index contributed by atoms with van der Waals surface area (Å²) in [5, 5.41) is 5.53. The van der Waals surface area contributed by atoms with Gasteiger partial charge < -0.3 is 20.1 Å². The molecule has 0 saturated heterocycles. The van der Waals surface area contributed by atoms with E-state index >= 15 is 0 Å². The van der Waals surface area contributed by atoms with Crippen LogP contribution in [0, 0.1) is 12.3 Å². The van der Waals surface area contributed by atoms with Crippen LogP contribution in [0.25, 0.3) is 28.2 Å². The van der Waals surface area contributed by atoms with Gasteiger partial charge in [0.25, 0.3) is 5.91 Å². The largest absolute Gasteiger partial charge is 0.496 e. The number of hydrogen-bond donors (Lipinski definition) is 1. The van der Waals surface area contributed by atoms with E-state index in [1.165, 1.54) is 24.3 Å². The highest BCUT2D eigenvalue weighted by Gasteiger charge is 2.35. The lowest BCUT2D eigenvalue weighted by molar-refractivity contribution is 0.0691. The van der Waals surface area contributed by atoms with Crippen LogP contribution in [0.4, 0.5) is 0 Å². The molecule has 3 heterocycles. The summed E-state index contributed by atoms with van der Waals surface area (Å²) in [4.78, 5) is 31.5. The van der Waals surface area contributed by atoms with Crippen molar-refractivity contribution in [2.24, 2.45) is 5.73 Å². The van der Waals surface area contributed by atoms with Gasteiger partial charge in [-0.05, 0) is 50.2 Å². The van der Waals surface area contributed by atoms with Gasteiger partial charge in [-0.15, -0.1) is 6.42 Å². The summed E-state index contributed by atoms with van der Waals surface area (Å²) in [6, 6.07) is 11.6. The molecule has 0 unspecified atom stereocenters. The maximum atomic E-state index is 13.8. The third-order valence-corrected chi connectivity index (χ3v) is 7.46. The average Bonchev–Trinajstić information content (AvgIpc) is 3.35. The minimum Gasteiger partial charge on any atom is -0.496 e. The fraction of sp³-hybridized carbons (Fsp3) is 0.200. The van der Waals surface area contributed by atoms with Gasteiger partial charge in [-0.25, -0.2) is 4.68 Å². The maximum Gasteiger partial charge on any atom is 0.275 e. The number of aromatic nitrogens is 3. The Balaban J connectivity index is 1.79. The molecule has 5 rings (SSSR count). The summed E-state index contributed by atoms with van der Waals surface area (Å²) < 4.78 is 13.4. The zero-order chi connectivity index (χ0) is 29.6. The van der Waals surface area contributed by atoms with Crippen molar-refractivity contribution in [3.8, 4) is 52.0 Å². The smallest absolute Gasteiger partial charge is 0.275 e. The number of pyridine rings is 1. The third-order valence-electron chi connectivity index (χ3n) is 7.02. The molecule has 0 fully saturated rings. The number of ether oxygens (including phenoxy) is 2. The van der Waals surface area contributed by atoms with Gasteiger partial charge in [0.1, 0.15) is 18.1 Å². The van der Waals surface area contributed by atoms with Crippen LogP contribution in [0.15, 0.2) is 48.7 Å². The number of primary amides is 1. The van der Waals surface area contributed by atoms with E-state index in [1.54, 1.807) is 55.9 Å². The molecule has 0 spiro atoms. The van der Waals surface area contributed by atoms with Crippen molar-refractivity contribution >= 4 is 35.0 Å². The molecule has 208 valence electrons. The van der Waals surface area contributed by atoms with Crippen molar-refractivity contribution in [2.45, 2.75) is 26.0 Å². The molecule has 2 aromatic heterocycles. The third kappa shape index (κ3) is 4.97. The Hall–Kier alpha value is -4.52. The number of fused-ring (bicyclic) bond motifs is 3. The van der Waals surface area contributed by atoms with E-state index < -0.39 is 11.4 Å². The second-order valence-corrected chi connectivity index (χ2v) is 10.8. The van der Waals surface area contributed by atoms with Crippen LogP contribution >= 0.6 is 23.2 Å². The van der Waals surface area contributed by atoms with E-state index in [9.17, 15) is 9.59 Å². The molecule has 0 bridgehead atoms. The number of methoxy groups -OCH3 is 1. The fourth-order valence-corrected chi connectivity index (χ4v) is 5.02. The fourth-order valence-electron chi connectivity index (χ4n) is 4.51. The summed E-state index contributed by atoms with van der Waals surface area (Å²) >= 11 is 12.7. The highest BCUT2D eigenvalue weighted by Crippen LogP contribution is 2.46. The number of carbonyl (C=O) groups excluding carboxylic acids is 2. The zero-order valence-corrected chi connectivity index (χ0v) is 24.2. The zero-order valence-electron chi connectivity index (χ0n) is 22.7. The molecule has 9 nitrogen and oxygen atoms in total. The van der Waals surface area contributed by atoms with Crippen LogP contribution in [0.5, 0.6) is 11.5 Å². The number of hydrogen-bond acceptors (Lipinski definition) is 6. The van der Waals surface area contributed by atoms with E-state index in [0.717, 1.165) is 0 Å². The molecule has 2 N–H and O–H groups in total. The minimum absolute atomic E-state index is 0.0555. The molecule has 1 aliphatic heterocycles. The van der Waals surface area contributed by atoms with Gasteiger partial charge >= 0.3 is 0 Å². The molecule has 2 aromatic carbocycles. The van der Waals surface area contributed by atoms with Crippen molar-refractivity contribution in [3.63, 3.8) is 0 Å². The summed E-state index contributed by atoms with van der Waals surface area (Å²) in [6.07, 6.45) is 7.21. The molecule has 0 aliphatic carbocycles. The van der Waals surface area contributed by atoms with Crippen LogP contribution in [-0.2, 0) is 6.61 Å². The van der Waals surface area contributed by atoms with E-state index in [2.05, 4.69) is 10.9 Å². The summed E-state index contributed by atoms with van der Waals surface area (Å²) in [7, 11) is 3.15. The number of benzene rings is 2. The van der Waals surface area contributed by atoms with Gasteiger partial charge in [0, 0.05) is 51.6 Å². The topological polar surface area (TPSA) is 113 Å². The average molecular weight is 590 g/mol. The number of amides is 2. The lowest BCUT2D eigenvalue weighted by Crippen LogP contribution is -2.44. The molecular weight excluding hydrogens is 565 g/mol.